The van der Waals surface area contributed by atoms with Crippen LogP contribution in [0.15, 0.2) is 12.1 Å². The van der Waals surface area contributed by atoms with Crippen molar-refractivity contribution < 1.29 is 19.0 Å². The summed E-state index contributed by atoms with van der Waals surface area (Å²) in [5, 5.41) is 3.59. The van der Waals surface area contributed by atoms with Gasteiger partial charge in [0.05, 0.1) is 26.9 Å². The number of hydrogen-bond acceptors (Lipinski definition) is 5. The van der Waals surface area contributed by atoms with Crippen molar-refractivity contribution in [3.8, 4) is 17.2 Å². The molecule has 25 heavy (non-hydrogen) atoms. The zero-order valence-electron chi connectivity index (χ0n) is 15.3. The van der Waals surface area contributed by atoms with Crippen LogP contribution in [0.2, 0.25) is 0 Å². The molecule has 2 heterocycles. The van der Waals surface area contributed by atoms with Crippen molar-refractivity contribution in [2.75, 3.05) is 41.0 Å². The first-order valence-corrected chi connectivity index (χ1v) is 9.01. The van der Waals surface area contributed by atoms with E-state index in [2.05, 4.69) is 5.32 Å². The minimum Gasteiger partial charge on any atom is -0.493 e. The molecule has 0 aliphatic carbocycles. The second-order valence-corrected chi connectivity index (χ2v) is 6.71. The molecule has 0 bridgehead atoms. The number of benzene rings is 1. The first kappa shape index (κ1) is 17.9. The molecule has 1 aromatic rings. The van der Waals surface area contributed by atoms with Gasteiger partial charge in [-0.25, -0.2) is 0 Å². The Bertz CT molecular complexity index is 606. The summed E-state index contributed by atoms with van der Waals surface area (Å²) in [7, 11) is 4.67. The van der Waals surface area contributed by atoms with E-state index in [-0.39, 0.29) is 5.91 Å². The van der Waals surface area contributed by atoms with Crippen LogP contribution < -0.4 is 19.5 Å². The largest absolute Gasteiger partial charge is 0.493 e. The zero-order valence-corrected chi connectivity index (χ0v) is 15.3. The molecule has 0 spiro atoms. The molecule has 1 N–H and O–H groups in total. The molecule has 1 unspecified atom stereocenters. The lowest BCUT2D eigenvalue weighted by Gasteiger charge is -2.35. The number of methoxy groups -OCH3 is 3. The standard InChI is InChI=1S/C19H28N2O4/c1-23-16-7-6-14(17(24-2)18(16)25-3)19(22)21-11-8-13(9-12-21)15-5-4-10-20-15/h6-7,13,15,20H,4-5,8-12H2,1-3H3. The van der Waals surface area contributed by atoms with Gasteiger partial charge >= 0.3 is 0 Å². The summed E-state index contributed by atoms with van der Waals surface area (Å²) < 4.78 is 16.1. The minimum absolute atomic E-state index is 0.00404. The van der Waals surface area contributed by atoms with Gasteiger partial charge in [-0.1, -0.05) is 0 Å². The van der Waals surface area contributed by atoms with Gasteiger partial charge < -0.3 is 24.4 Å². The lowest BCUT2D eigenvalue weighted by atomic mass is 9.88. The third-order valence-electron chi connectivity index (χ3n) is 5.43. The normalized spacial score (nSPS) is 21.2. The van der Waals surface area contributed by atoms with Crippen molar-refractivity contribution >= 4 is 5.91 Å². The van der Waals surface area contributed by atoms with Crippen molar-refractivity contribution in [3.63, 3.8) is 0 Å². The van der Waals surface area contributed by atoms with E-state index in [1.165, 1.54) is 12.8 Å². The van der Waals surface area contributed by atoms with Crippen LogP contribution >= 0.6 is 0 Å². The predicted molar refractivity (Wildman–Crippen MR) is 95.8 cm³/mol. The van der Waals surface area contributed by atoms with Gasteiger partial charge in [-0.3, -0.25) is 4.79 Å². The molecule has 2 aliphatic rings. The van der Waals surface area contributed by atoms with E-state index < -0.39 is 0 Å². The molecular weight excluding hydrogens is 320 g/mol. The van der Waals surface area contributed by atoms with Gasteiger partial charge in [0.25, 0.3) is 5.91 Å². The van der Waals surface area contributed by atoms with Gasteiger partial charge in [0.2, 0.25) is 5.75 Å². The lowest BCUT2D eigenvalue weighted by molar-refractivity contribution is 0.0670. The van der Waals surface area contributed by atoms with Crippen LogP contribution in [0.25, 0.3) is 0 Å². The molecule has 0 aromatic heterocycles. The van der Waals surface area contributed by atoms with Gasteiger partial charge in [0, 0.05) is 19.1 Å². The third kappa shape index (κ3) is 3.54. The molecule has 3 rings (SSSR count). The molecular formula is C19H28N2O4. The second-order valence-electron chi connectivity index (χ2n) is 6.71. The first-order valence-electron chi connectivity index (χ1n) is 9.01. The van der Waals surface area contributed by atoms with Crippen molar-refractivity contribution in [2.45, 2.75) is 31.7 Å². The zero-order chi connectivity index (χ0) is 17.8. The van der Waals surface area contributed by atoms with Gasteiger partial charge in [-0.2, -0.15) is 0 Å². The Morgan fingerprint density at radius 2 is 1.76 bits per heavy atom. The van der Waals surface area contributed by atoms with Crippen LogP contribution in [-0.4, -0.2) is 57.8 Å². The average Bonchev–Trinajstić information content (AvgIpc) is 3.21. The van der Waals surface area contributed by atoms with E-state index in [1.807, 2.05) is 4.90 Å². The van der Waals surface area contributed by atoms with Gasteiger partial charge in [0.1, 0.15) is 0 Å². The van der Waals surface area contributed by atoms with Crippen molar-refractivity contribution in [1.29, 1.82) is 0 Å². The maximum Gasteiger partial charge on any atom is 0.257 e. The maximum absolute atomic E-state index is 13.0. The Morgan fingerprint density at radius 1 is 1.04 bits per heavy atom. The fraction of sp³-hybridized carbons (Fsp3) is 0.632. The molecule has 1 amide bonds. The van der Waals surface area contributed by atoms with Crippen LogP contribution in [-0.2, 0) is 0 Å². The highest BCUT2D eigenvalue weighted by Gasteiger charge is 2.31. The number of carbonyl (C=O) groups excluding carboxylic acids is 1. The van der Waals surface area contributed by atoms with Crippen molar-refractivity contribution in [3.05, 3.63) is 17.7 Å². The monoisotopic (exact) mass is 348 g/mol. The highest BCUT2D eigenvalue weighted by Crippen LogP contribution is 2.40. The molecule has 0 radical (unpaired) electrons. The van der Waals surface area contributed by atoms with Crippen LogP contribution in [0.4, 0.5) is 0 Å². The smallest absolute Gasteiger partial charge is 0.257 e. The molecule has 6 nitrogen and oxygen atoms in total. The number of ether oxygens (including phenoxy) is 3. The van der Waals surface area contributed by atoms with Gasteiger partial charge in [-0.05, 0) is 50.3 Å². The van der Waals surface area contributed by atoms with Gasteiger partial charge in [-0.15, -0.1) is 0 Å². The summed E-state index contributed by atoms with van der Waals surface area (Å²) in [6.45, 7) is 2.71. The third-order valence-corrected chi connectivity index (χ3v) is 5.43. The molecule has 138 valence electrons. The Balaban J connectivity index is 1.73. The number of carbonyl (C=O) groups is 1. The first-order chi connectivity index (χ1) is 12.2. The minimum atomic E-state index is -0.00404. The topological polar surface area (TPSA) is 60.0 Å². The summed E-state index contributed by atoms with van der Waals surface area (Å²) >= 11 is 0. The Hall–Kier alpha value is -1.95. The molecule has 0 saturated carbocycles. The number of nitrogens with one attached hydrogen (secondary N) is 1. The molecule has 2 aliphatic heterocycles. The van der Waals surface area contributed by atoms with E-state index >= 15 is 0 Å². The highest BCUT2D eigenvalue weighted by atomic mass is 16.5. The molecule has 1 atom stereocenters. The second kappa shape index (κ2) is 7.95. The molecule has 2 saturated heterocycles. The average molecular weight is 348 g/mol. The van der Waals surface area contributed by atoms with Crippen molar-refractivity contribution in [1.82, 2.24) is 10.2 Å². The van der Waals surface area contributed by atoms with E-state index in [9.17, 15) is 4.79 Å². The van der Waals surface area contributed by atoms with Crippen LogP contribution in [0.3, 0.4) is 0 Å². The number of likely N-dealkylation sites (tertiary alicyclic amines) is 1. The van der Waals surface area contributed by atoms with E-state index in [0.717, 1.165) is 32.5 Å². The number of piperidine rings is 1. The number of rotatable bonds is 5. The van der Waals surface area contributed by atoms with Crippen molar-refractivity contribution in [2.24, 2.45) is 5.92 Å². The number of amides is 1. The lowest BCUT2D eigenvalue weighted by Crippen LogP contribution is -2.43. The van der Waals surface area contributed by atoms with Crippen LogP contribution in [0.1, 0.15) is 36.0 Å². The van der Waals surface area contributed by atoms with E-state index in [0.29, 0.717) is 34.8 Å². The SMILES string of the molecule is COc1ccc(C(=O)N2CCC(C3CCCN3)CC2)c(OC)c1OC. The summed E-state index contributed by atoms with van der Waals surface area (Å²) in [5.41, 5.74) is 0.526. The molecule has 1 aromatic carbocycles. The Kier molecular flexibility index (Phi) is 5.68. The fourth-order valence-corrected chi connectivity index (χ4v) is 4.06. The maximum atomic E-state index is 13.0. The number of nitrogens with zero attached hydrogens (tertiary/aromatic N) is 1. The number of hydrogen-bond donors (Lipinski definition) is 1. The summed E-state index contributed by atoms with van der Waals surface area (Å²) in [4.78, 5) is 14.9. The van der Waals surface area contributed by atoms with Gasteiger partial charge in [0.15, 0.2) is 11.5 Å². The Morgan fingerprint density at radius 3 is 2.32 bits per heavy atom. The quantitative estimate of drug-likeness (QED) is 0.885. The van der Waals surface area contributed by atoms with Crippen LogP contribution in [0.5, 0.6) is 17.2 Å². The highest BCUT2D eigenvalue weighted by molar-refractivity contribution is 5.98. The molecule has 2 fully saturated rings. The Labute approximate surface area is 149 Å². The molecule has 6 heteroatoms. The van der Waals surface area contributed by atoms with E-state index in [1.54, 1.807) is 33.5 Å². The van der Waals surface area contributed by atoms with Crippen LogP contribution in [0, 0.1) is 5.92 Å². The van der Waals surface area contributed by atoms with E-state index in [4.69, 9.17) is 14.2 Å². The summed E-state index contributed by atoms with van der Waals surface area (Å²) in [5.74, 6) is 2.13. The summed E-state index contributed by atoms with van der Waals surface area (Å²) in [6.07, 6.45) is 4.65. The summed E-state index contributed by atoms with van der Waals surface area (Å²) in [6, 6.07) is 4.14. The fourth-order valence-electron chi connectivity index (χ4n) is 4.06. The predicted octanol–water partition coefficient (Wildman–Crippen LogP) is 2.32.